The van der Waals surface area contributed by atoms with Crippen molar-refractivity contribution in [2.24, 2.45) is 0 Å². The van der Waals surface area contributed by atoms with Crippen LogP contribution in [0.1, 0.15) is 11.3 Å². The summed E-state index contributed by atoms with van der Waals surface area (Å²) in [5.74, 6) is 0. The number of nitriles is 1. The fourth-order valence-corrected chi connectivity index (χ4v) is 2.94. The number of aromatic amines is 1. The van der Waals surface area contributed by atoms with Gasteiger partial charge in [0.1, 0.15) is 4.90 Å². The molecule has 0 saturated carbocycles. The summed E-state index contributed by atoms with van der Waals surface area (Å²) < 4.78 is 25.9. The number of H-pyrrole nitrogens is 1. The number of nitrogens with zero attached hydrogens (tertiary/aromatic N) is 3. The molecule has 0 atom stereocenters. The molecule has 7 heteroatoms. The standard InChI is InChI=1S/C12H12N4O2S/c1-9-12(8-14-15-9)19(17,18)16(2)11-5-3-10(7-13)4-6-11/h3-6,8H,1-2H3,(H,14,15). The van der Waals surface area contributed by atoms with E-state index in [4.69, 9.17) is 5.26 Å². The molecule has 0 aliphatic carbocycles. The molecule has 1 aromatic carbocycles. The molecule has 0 aliphatic heterocycles. The average molecular weight is 276 g/mol. The lowest BCUT2D eigenvalue weighted by molar-refractivity contribution is 0.594. The summed E-state index contributed by atoms with van der Waals surface area (Å²) in [5, 5.41) is 15.0. The Morgan fingerprint density at radius 1 is 1.32 bits per heavy atom. The second-order valence-corrected chi connectivity index (χ2v) is 5.93. The predicted octanol–water partition coefficient (Wildman–Crippen LogP) is 1.41. The van der Waals surface area contributed by atoms with Gasteiger partial charge in [-0.1, -0.05) is 0 Å². The molecule has 1 N–H and O–H groups in total. The van der Waals surface area contributed by atoms with E-state index >= 15 is 0 Å². The third-order valence-corrected chi connectivity index (χ3v) is 4.68. The lowest BCUT2D eigenvalue weighted by Crippen LogP contribution is -2.26. The average Bonchev–Trinajstić information content (AvgIpc) is 2.85. The molecule has 1 aromatic heterocycles. The number of hydrogen-bond acceptors (Lipinski definition) is 4. The van der Waals surface area contributed by atoms with E-state index in [1.165, 1.54) is 13.2 Å². The Balaban J connectivity index is 2.41. The molecule has 2 aromatic rings. The van der Waals surface area contributed by atoms with Gasteiger partial charge in [0, 0.05) is 7.05 Å². The maximum absolute atomic E-state index is 12.4. The molecule has 1 heterocycles. The van der Waals surface area contributed by atoms with Crippen LogP contribution in [0.15, 0.2) is 35.4 Å². The zero-order valence-electron chi connectivity index (χ0n) is 10.5. The zero-order valence-corrected chi connectivity index (χ0v) is 11.3. The molecule has 6 nitrogen and oxygen atoms in total. The Morgan fingerprint density at radius 3 is 2.42 bits per heavy atom. The Kier molecular flexibility index (Phi) is 3.27. The molecule has 0 aliphatic rings. The fraction of sp³-hybridized carbons (Fsp3) is 0.167. The largest absolute Gasteiger partial charge is 0.281 e. The number of anilines is 1. The first-order chi connectivity index (χ1) is 8.96. The molecule has 0 radical (unpaired) electrons. The lowest BCUT2D eigenvalue weighted by atomic mass is 10.2. The summed E-state index contributed by atoms with van der Waals surface area (Å²) in [6, 6.07) is 8.31. The molecule has 0 bridgehead atoms. The summed E-state index contributed by atoms with van der Waals surface area (Å²) in [6.45, 7) is 1.65. The maximum Gasteiger partial charge on any atom is 0.267 e. The first-order valence-electron chi connectivity index (χ1n) is 5.46. The van der Waals surface area contributed by atoms with E-state index in [2.05, 4.69) is 10.2 Å². The van der Waals surface area contributed by atoms with Gasteiger partial charge in [-0.05, 0) is 31.2 Å². The van der Waals surface area contributed by atoms with E-state index < -0.39 is 10.0 Å². The van der Waals surface area contributed by atoms with E-state index in [1.54, 1.807) is 31.2 Å². The van der Waals surface area contributed by atoms with E-state index in [0.29, 0.717) is 16.9 Å². The maximum atomic E-state index is 12.4. The minimum absolute atomic E-state index is 0.138. The predicted molar refractivity (Wildman–Crippen MR) is 70.1 cm³/mol. The van der Waals surface area contributed by atoms with E-state index in [0.717, 1.165) is 4.31 Å². The van der Waals surface area contributed by atoms with Crippen molar-refractivity contribution in [1.82, 2.24) is 10.2 Å². The van der Waals surface area contributed by atoms with Crippen LogP contribution < -0.4 is 4.31 Å². The fourth-order valence-electron chi connectivity index (χ4n) is 1.63. The van der Waals surface area contributed by atoms with Crippen LogP contribution in [0.3, 0.4) is 0 Å². The summed E-state index contributed by atoms with van der Waals surface area (Å²) in [6.07, 6.45) is 1.28. The van der Waals surface area contributed by atoms with Crippen molar-refractivity contribution in [3.63, 3.8) is 0 Å². The molecule has 0 amide bonds. The van der Waals surface area contributed by atoms with Gasteiger partial charge >= 0.3 is 0 Å². The van der Waals surface area contributed by atoms with Crippen molar-refractivity contribution in [2.45, 2.75) is 11.8 Å². The second-order valence-electron chi connectivity index (χ2n) is 3.99. The van der Waals surface area contributed by atoms with Crippen LogP contribution in [-0.4, -0.2) is 25.7 Å². The topological polar surface area (TPSA) is 89.8 Å². The van der Waals surface area contributed by atoms with Gasteiger partial charge in [0.2, 0.25) is 0 Å². The van der Waals surface area contributed by atoms with Crippen LogP contribution in [0.2, 0.25) is 0 Å². The van der Waals surface area contributed by atoms with Crippen LogP contribution >= 0.6 is 0 Å². The first-order valence-corrected chi connectivity index (χ1v) is 6.90. The summed E-state index contributed by atoms with van der Waals surface area (Å²) in [5.41, 5.74) is 1.45. The van der Waals surface area contributed by atoms with Gasteiger partial charge in [-0.2, -0.15) is 10.4 Å². The number of nitrogens with one attached hydrogen (secondary N) is 1. The first kappa shape index (κ1) is 13.1. The molecule has 0 unspecified atom stereocenters. The molecule has 19 heavy (non-hydrogen) atoms. The molecule has 2 rings (SSSR count). The molecule has 0 fully saturated rings. The number of benzene rings is 1. The van der Waals surface area contributed by atoms with Gasteiger partial charge in [-0.25, -0.2) is 8.42 Å². The number of sulfonamides is 1. The van der Waals surface area contributed by atoms with Gasteiger partial charge in [-0.15, -0.1) is 0 Å². The number of aryl methyl sites for hydroxylation is 1. The van der Waals surface area contributed by atoms with Crippen LogP contribution in [0.25, 0.3) is 0 Å². The summed E-state index contributed by atoms with van der Waals surface area (Å²) in [7, 11) is -2.18. The van der Waals surface area contributed by atoms with E-state index in [9.17, 15) is 8.42 Å². The van der Waals surface area contributed by atoms with Crippen molar-refractivity contribution in [1.29, 1.82) is 5.26 Å². The Morgan fingerprint density at radius 2 is 1.95 bits per heavy atom. The smallest absolute Gasteiger partial charge is 0.267 e. The summed E-state index contributed by atoms with van der Waals surface area (Å²) in [4.78, 5) is 0.138. The Bertz CT molecular complexity index is 726. The Hall–Kier alpha value is -2.33. The third kappa shape index (κ3) is 2.30. The molecule has 98 valence electrons. The van der Waals surface area contributed by atoms with Crippen LogP contribution in [0, 0.1) is 18.3 Å². The minimum atomic E-state index is -3.64. The van der Waals surface area contributed by atoms with Gasteiger partial charge in [-0.3, -0.25) is 9.40 Å². The van der Waals surface area contributed by atoms with Crippen molar-refractivity contribution in [2.75, 3.05) is 11.4 Å². The van der Waals surface area contributed by atoms with Gasteiger partial charge < -0.3 is 0 Å². The molecule has 0 spiro atoms. The van der Waals surface area contributed by atoms with Gasteiger partial charge in [0.05, 0.1) is 29.2 Å². The Labute approximate surface area is 111 Å². The highest BCUT2D eigenvalue weighted by molar-refractivity contribution is 7.92. The highest BCUT2D eigenvalue weighted by atomic mass is 32.2. The summed E-state index contributed by atoms with van der Waals surface area (Å²) >= 11 is 0. The third-order valence-electron chi connectivity index (χ3n) is 2.78. The van der Waals surface area contributed by atoms with Crippen molar-refractivity contribution >= 4 is 15.7 Å². The lowest BCUT2D eigenvalue weighted by Gasteiger charge is -2.18. The molecular formula is C12H12N4O2S. The van der Waals surface area contributed by atoms with E-state index in [-0.39, 0.29) is 4.90 Å². The van der Waals surface area contributed by atoms with Crippen molar-refractivity contribution in [3.8, 4) is 6.07 Å². The quantitative estimate of drug-likeness (QED) is 0.917. The normalized spacial score (nSPS) is 11.0. The molecule has 0 saturated heterocycles. The number of aromatic nitrogens is 2. The van der Waals surface area contributed by atoms with Crippen LogP contribution in [0.5, 0.6) is 0 Å². The zero-order chi connectivity index (χ0) is 14.0. The van der Waals surface area contributed by atoms with Gasteiger partial charge in [0.15, 0.2) is 0 Å². The monoisotopic (exact) mass is 276 g/mol. The van der Waals surface area contributed by atoms with E-state index in [1.807, 2.05) is 6.07 Å². The number of hydrogen-bond donors (Lipinski definition) is 1. The highest BCUT2D eigenvalue weighted by Gasteiger charge is 2.24. The molecular weight excluding hydrogens is 264 g/mol. The second kappa shape index (κ2) is 4.74. The SMILES string of the molecule is Cc1[nH]ncc1S(=O)(=O)N(C)c1ccc(C#N)cc1. The van der Waals surface area contributed by atoms with Gasteiger partial charge in [0.25, 0.3) is 10.0 Å². The van der Waals surface area contributed by atoms with Crippen LogP contribution in [-0.2, 0) is 10.0 Å². The van der Waals surface area contributed by atoms with Crippen LogP contribution in [0.4, 0.5) is 5.69 Å². The number of rotatable bonds is 3. The highest BCUT2D eigenvalue weighted by Crippen LogP contribution is 2.23. The van der Waals surface area contributed by atoms with Crippen molar-refractivity contribution < 1.29 is 8.42 Å². The minimum Gasteiger partial charge on any atom is -0.281 e. The van der Waals surface area contributed by atoms with Crippen molar-refractivity contribution in [3.05, 3.63) is 41.7 Å².